The van der Waals surface area contributed by atoms with Crippen LogP contribution in [0.5, 0.6) is 5.75 Å². The minimum absolute atomic E-state index is 0. The van der Waals surface area contributed by atoms with E-state index in [0.29, 0.717) is 0 Å². The van der Waals surface area contributed by atoms with E-state index in [1.54, 1.807) is 7.11 Å². The maximum absolute atomic E-state index is 5.03. The van der Waals surface area contributed by atoms with Gasteiger partial charge in [-0.05, 0) is 12.1 Å². The molecule has 1 rings (SSSR count). The molecule has 4 radical (unpaired) electrons. The van der Waals surface area contributed by atoms with Gasteiger partial charge in [-0.3, -0.25) is 4.44 Å². The van der Waals surface area contributed by atoms with E-state index in [4.69, 9.17) is 50.3 Å². The van der Waals surface area contributed by atoms with Gasteiger partial charge in [0.05, 0.1) is 7.11 Å². The van der Waals surface area contributed by atoms with Gasteiger partial charge < -0.3 is 38.5 Å². The SMILES string of the molecule is COc1ccc(P(=S)([S-])[S-])cc1.C[Si](C)(C)[N-][Si](C)(C)C.C[Si](C)(C)[N-][Si](C)(C)C.[Ge]. The average Bonchev–Trinajstić information content (AvgIpc) is 2.39. The number of ether oxygens (including phenoxy) is 1. The van der Waals surface area contributed by atoms with Crippen LogP contribution < -0.4 is 10.0 Å². The minimum atomic E-state index is -2.10. The summed E-state index contributed by atoms with van der Waals surface area (Å²) in [5.74, 6) is 0.798. The molecule has 3 nitrogen and oxygen atoms in total. The van der Waals surface area contributed by atoms with Crippen LogP contribution in [0.1, 0.15) is 0 Å². The molecule has 1 aromatic carbocycles. The molecule has 0 aromatic heterocycles. The van der Waals surface area contributed by atoms with E-state index < -0.39 is 37.4 Å². The van der Waals surface area contributed by atoms with Crippen LogP contribution >= 0.6 is 4.44 Å². The zero-order valence-corrected chi connectivity index (χ0v) is 31.2. The molecule has 0 N–H and O–H groups in total. The van der Waals surface area contributed by atoms with Gasteiger partial charge in [0.25, 0.3) is 0 Å². The third-order valence-corrected chi connectivity index (χ3v) is 16.3. The van der Waals surface area contributed by atoms with E-state index in [-0.39, 0.29) is 17.6 Å². The zero-order chi connectivity index (χ0) is 24.6. The summed E-state index contributed by atoms with van der Waals surface area (Å²) in [5, 5.41) is 0.892. The van der Waals surface area contributed by atoms with Gasteiger partial charge in [-0.25, -0.2) is 0 Å². The second-order valence-corrected chi connectivity index (χ2v) is 38.8. The third kappa shape index (κ3) is 27.8. The molecule has 0 heterocycles. The standard InChI is InChI=1S/C7H9OPS3.2C6H18NSi2.Ge/c1-8-6-2-4-7(5-3-6)9(10,11)12;2*1-8(2,3)7-9(4,5)6;/h2-5H,1H3,(H2,10,11,12);2*1-6H3;/q;2*-1;/p-2. The van der Waals surface area contributed by atoms with E-state index in [1.165, 1.54) is 0 Å². The van der Waals surface area contributed by atoms with E-state index in [0.717, 1.165) is 11.1 Å². The number of rotatable bonds is 6. The van der Waals surface area contributed by atoms with Crippen LogP contribution in [0.25, 0.3) is 9.30 Å². The van der Waals surface area contributed by atoms with Crippen LogP contribution in [0.4, 0.5) is 0 Å². The average molecular weight is 628 g/mol. The molecule has 0 saturated carbocycles. The van der Waals surface area contributed by atoms with E-state index in [1.807, 2.05) is 24.3 Å². The van der Waals surface area contributed by atoms with Gasteiger partial charge in [-0.1, -0.05) is 129 Å². The van der Waals surface area contributed by atoms with Crippen molar-refractivity contribution in [3.63, 3.8) is 0 Å². The number of nitrogens with zero attached hydrogens (tertiary/aromatic N) is 2. The molecule has 12 heteroatoms. The topological polar surface area (TPSA) is 37.4 Å². The number of methoxy groups -OCH3 is 1. The van der Waals surface area contributed by atoms with Crippen molar-refractivity contribution < 1.29 is 4.74 Å². The minimum Gasteiger partial charge on any atom is -0.766 e. The van der Waals surface area contributed by atoms with Crippen LogP contribution in [0.15, 0.2) is 24.3 Å². The van der Waals surface area contributed by atoms with Crippen molar-refractivity contribution in [3.8, 4) is 5.75 Å². The van der Waals surface area contributed by atoms with Gasteiger partial charge in [-0.15, -0.1) is 11.8 Å². The maximum atomic E-state index is 5.03. The number of hydrogen-bond donors (Lipinski definition) is 0. The first-order valence-electron chi connectivity index (χ1n) is 10.1. The largest absolute Gasteiger partial charge is 0.766 e. The summed E-state index contributed by atoms with van der Waals surface area (Å²) >= 11 is 15.1. The summed E-state index contributed by atoms with van der Waals surface area (Å²) in [6, 6.07) is 7.35. The van der Waals surface area contributed by atoms with Crippen molar-refractivity contribution in [1.29, 1.82) is 0 Å². The van der Waals surface area contributed by atoms with Crippen LogP contribution in [-0.2, 0) is 36.3 Å². The fraction of sp³-hybridized carbons (Fsp3) is 0.684. The van der Waals surface area contributed by atoms with Gasteiger partial charge in [-0.2, -0.15) is 0 Å². The second kappa shape index (κ2) is 15.0. The molecule has 0 spiro atoms. The molecule has 31 heavy (non-hydrogen) atoms. The van der Waals surface area contributed by atoms with Gasteiger partial charge >= 0.3 is 0 Å². The van der Waals surface area contributed by atoms with Crippen molar-refractivity contribution >= 4 is 96.6 Å². The van der Waals surface area contributed by atoms with Crippen LogP contribution in [0.2, 0.25) is 78.6 Å². The predicted molar refractivity (Wildman–Crippen MR) is 167 cm³/mol. The monoisotopic (exact) mass is 628 g/mol. The molecule has 0 atom stereocenters. The summed E-state index contributed by atoms with van der Waals surface area (Å²) in [7, 11) is -2.81. The van der Waals surface area contributed by atoms with Crippen molar-refractivity contribution in [3.05, 3.63) is 33.6 Å². The molecule has 0 saturated heterocycles. The molecule has 0 fully saturated rings. The Bertz CT molecular complexity index is 615. The van der Waals surface area contributed by atoms with Gasteiger partial charge in [0.1, 0.15) is 5.75 Å². The summed E-state index contributed by atoms with van der Waals surface area (Å²) in [4.78, 5) is 0. The second-order valence-electron chi connectivity index (χ2n) is 11.1. The summed E-state index contributed by atoms with van der Waals surface area (Å²) in [5.41, 5.74) is 0. The maximum Gasteiger partial charge on any atom is 0.118 e. The summed E-state index contributed by atoms with van der Waals surface area (Å²) in [6.07, 6.45) is 0. The molecule has 0 aliphatic heterocycles. The van der Waals surface area contributed by atoms with Crippen molar-refractivity contribution in [2.24, 2.45) is 0 Å². The Morgan fingerprint density at radius 2 is 0.935 bits per heavy atom. The van der Waals surface area contributed by atoms with Gasteiger partial charge in [0.2, 0.25) is 0 Å². The van der Waals surface area contributed by atoms with Gasteiger partial charge in [0.15, 0.2) is 0 Å². The predicted octanol–water partition coefficient (Wildman–Crippen LogP) is 7.40. The molecule has 0 aliphatic rings. The quantitative estimate of drug-likeness (QED) is 0.187. The van der Waals surface area contributed by atoms with E-state index in [2.05, 4.69) is 78.6 Å². The Hall–Kier alpha value is 1.70. The fourth-order valence-corrected chi connectivity index (χ4v) is 20.5. The molecule has 0 bridgehead atoms. The molecule has 0 amide bonds. The summed E-state index contributed by atoms with van der Waals surface area (Å²) < 4.78 is 12.5. The fourth-order valence-electron chi connectivity index (χ4n) is 2.78. The Labute approximate surface area is 224 Å². The Balaban J connectivity index is -0.000000380. The van der Waals surface area contributed by atoms with Crippen molar-refractivity contribution in [2.45, 2.75) is 78.6 Å². The van der Waals surface area contributed by atoms with Crippen LogP contribution in [0.3, 0.4) is 0 Å². The van der Waals surface area contributed by atoms with Crippen LogP contribution in [-0.4, -0.2) is 57.6 Å². The van der Waals surface area contributed by atoms with E-state index >= 15 is 0 Å². The molecule has 0 aliphatic carbocycles. The first-order chi connectivity index (χ1) is 13.0. The summed E-state index contributed by atoms with van der Waals surface area (Å²) in [6.45, 7) is 27.6. The molecular formula is C19H43GeN2OPS3Si4-4. The smallest absolute Gasteiger partial charge is 0.118 e. The molecular weight excluding hydrogens is 584 g/mol. The molecule has 0 unspecified atom stereocenters. The Morgan fingerprint density at radius 1 is 0.677 bits per heavy atom. The Kier molecular flexibility index (Phi) is 18.0. The zero-order valence-electron chi connectivity index (χ0n) is 21.8. The normalized spacial score (nSPS) is 12.5. The number of benzene rings is 1. The molecule has 182 valence electrons. The third-order valence-electron chi connectivity index (χ3n) is 2.73. The van der Waals surface area contributed by atoms with Crippen molar-refractivity contribution in [1.82, 2.24) is 0 Å². The first-order valence-corrected chi connectivity index (χ1v) is 28.7. The van der Waals surface area contributed by atoms with Crippen molar-refractivity contribution in [2.75, 3.05) is 7.11 Å². The number of hydrogen-bond acceptors (Lipinski definition) is 4. The first kappa shape index (κ1) is 37.3. The van der Waals surface area contributed by atoms with Gasteiger partial charge in [0, 0.05) is 17.6 Å². The van der Waals surface area contributed by atoms with E-state index in [9.17, 15) is 0 Å². The molecule has 1 aromatic rings. The van der Waals surface area contributed by atoms with Crippen LogP contribution in [0, 0.1) is 0 Å². The Morgan fingerprint density at radius 3 is 1.06 bits per heavy atom.